The Bertz CT molecular complexity index is 1440. The van der Waals surface area contributed by atoms with Crippen molar-refractivity contribution in [2.24, 2.45) is 5.92 Å². The van der Waals surface area contributed by atoms with Gasteiger partial charge in [-0.05, 0) is 13.0 Å². The number of pyridine rings is 1. The van der Waals surface area contributed by atoms with Gasteiger partial charge >= 0.3 is 12.1 Å². The zero-order chi connectivity index (χ0) is 26.2. The predicted molar refractivity (Wildman–Crippen MR) is 109 cm³/mol. The molecule has 3 aromatic rings. The van der Waals surface area contributed by atoms with Crippen LogP contribution < -0.4 is 10.6 Å². The number of hydrogen-bond acceptors (Lipinski definition) is 7. The Balaban J connectivity index is 1.64. The van der Waals surface area contributed by atoms with Crippen LogP contribution in [0.15, 0.2) is 12.3 Å². The Morgan fingerprint density at radius 3 is 2.44 bits per heavy atom. The first-order valence-corrected chi connectivity index (χ1v) is 10.4. The number of carbonyl (C=O) groups is 2. The van der Waals surface area contributed by atoms with Crippen LogP contribution in [0.2, 0.25) is 0 Å². The van der Waals surface area contributed by atoms with Gasteiger partial charge in [0, 0.05) is 20.1 Å². The van der Waals surface area contributed by atoms with Gasteiger partial charge in [0.15, 0.2) is 17.1 Å². The van der Waals surface area contributed by atoms with Gasteiger partial charge in [-0.3, -0.25) is 9.59 Å². The van der Waals surface area contributed by atoms with E-state index < -0.39 is 54.2 Å². The first kappa shape index (κ1) is 23.9. The van der Waals surface area contributed by atoms with Crippen LogP contribution in [0.3, 0.4) is 0 Å². The number of aromatic nitrogens is 5. The van der Waals surface area contributed by atoms with Gasteiger partial charge in [0.05, 0.1) is 23.1 Å². The average molecular weight is 515 g/mol. The van der Waals surface area contributed by atoms with Gasteiger partial charge < -0.3 is 15.4 Å². The van der Waals surface area contributed by atoms with Crippen molar-refractivity contribution < 1.29 is 40.7 Å². The fourth-order valence-electron chi connectivity index (χ4n) is 4.35. The van der Waals surface area contributed by atoms with Crippen molar-refractivity contribution in [1.82, 2.24) is 24.7 Å². The highest BCUT2D eigenvalue weighted by Crippen LogP contribution is 2.49. The third-order valence-corrected chi connectivity index (χ3v) is 6.23. The molecule has 2 unspecified atom stereocenters. The van der Waals surface area contributed by atoms with E-state index >= 15 is 0 Å². The van der Waals surface area contributed by atoms with Crippen LogP contribution in [0.1, 0.15) is 18.9 Å². The van der Waals surface area contributed by atoms with Crippen molar-refractivity contribution in [2.45, 2.75) is 37.6 Å². The van der Waals surface area contributed by atoms with E-state index in [1.807, 2.05) is 0 Å². The van der Waals surface area contributed by atoms with Crippen molar-refractivity contribution in [1.29, 1.82) is 0 Å². The van der Waals surface area contributed by atoms with E-state index in [9.17, 15) is 35.9 Å². The maximum absolute atomic E-state index is 14.0. The number of aryl methyl sites for hydroxylation is 1. The molecular formula is C20H15F6N7O3. The fourth-order valence-corrected chi connectivity index (χ4v) is 4.35. The second-order valence-corrected chi connectivity index (χ2v) is 8.27. The summed E-state index contributed by atoms with van der Waals surface area (Å²) >= 11 is 0. The summed E-state index contributed by atoms with van der Waals surface area (Å²) in [6, 6.07) is 0.934. The molecule has 0 saturated heterocycles. The fraction of sp³-hybridized carbons (Fsp3) is 0.400. The molecule has 16 heteroatoms. The summed E-state index contributed by atoms with van der Waals surface area (Å²) in [5.41, 5.74) is -1.97. The number of hydrogen-bond donors (Lipinski definition) is 2. The molecule has 0 saturated carbocycles. The van der Waals surface area contributed by atoms with E-state index in [0.717, 1.165) is 16.9 Å². The van der Waals surface area contributed by atoms with Crippen LogP contribution in [0.4, 0.5) is 38.0 Å². The number of anilines is 2. The summed E-state index contributed by atoms with van der Waals surface area (Å²) in [5.74, 6) is -8.47. The normalized spacial score (nSPS) is 21.5. The molecule has 2 aliphatic rings. The topological polar surface area (TPSA) is 124 Å². The standard InChI is InChI=1S/C20H15F6N7O3/c1-7-16(34)30-12-10-13(31-17(35)19(7,10)36-2)29-14(28-12)11-9-5-8(21)6-27-15(9)33(32-11)4-3-18(22,23)20(24,25)26/h5-7H,3-4H2,1-2H3,(H2,28,29,30,31,34,35). The second kappa shape index (κ2) is 7.59. The van der Waals surface area contributed by atoms with Crippen molar-refractivity contribution in [3.8, 4) is 11.5 Å². The predicted octanol–water partition coefficient (Wildman–Crippen LogP) is 3.00. The van der Waals surface area contributed by atoms with E-state index in [0.29, 0.717) is 0 Å². The minimum Gasteiger partial charge on any atom is -0.363 e. The lowest BCUT2D eigenvalue weighted by atomic mass is 9.80. The molecule has 0 spiro atoms. The number of carbonyl (C=O) groups excluding carboxylic acids is 2. The summed E-state index contributed by atoms with van der Waals surface area (Å²) < 4.78 is 85.1. The number of nitrogens with zero attached hydrogens (tertiary/aromatic N) is 5. The zero-order valence-corrected chi connectivity index (χ0v) is 18.4. The molecular weight excluding hydrogens is 500 g/mol. The molecule has 2 atom stereocenters. The summed E-state index contributed by atoms with van der Waals surface area (Å²) in [7, 11) is 1.24. The zero-order valence-electron chi connectivity index (χ0n) is 18.4. The highest BCUT2D eigenvalue weighted by molar-refractivity contribution is 6.13. The van der Waals surface area contributed by atoms with Crippen LogP contribution >= 0.6 is 0 Å². The Morgan fingerprint density at radius 2 is 1.81 bits per heavy atom. The molecule has 2 N–H and O–H groups in total. The van der Waals surface area contributed by atoms with Gasteiger partial charge in [0.1, 0.15) is 23.1 Å². The minimum absolute atomic E-state index is 0.0376. The van der Waals surface area contributed by atoms with E-state index in [-0.39, 0.29) is 39.8 Å². The summed E-state index contributed by atoms with van der Waals surface area (Å²) in [6.07, 6.45) is -6.68. The molecule has 2 amide bonds. The Morgan fingerprint density at radius 1 is 1.14 bits per heavy atom. The lowest BCUT2D eigenvalue weighted by molar-refractivity contribution is -0.285. The number of amides is 2. The number of alkyl halides is 5. The number of ether oxygens (including phenoxy) is 1. The van der Waals surface area contributed by atoms with Gasteiger partial charge in [-0.1, -0.05) is 0 Å². The number of nitrogens with one attached hydrogen (secondary N) is 2. The molecule has 190 valence electrons. The molecule has 5 heterocycles. The molecule has 0 aromatic carbocycles. The van der Waals surface area contributed by atoms with E-state index in [1.165, 1.54) is 14.0 Å². The smallest absolute Gasteiger partial charge is 0.363 e. The molecule has 0 bridgehead atoms. The lowest BCUT2D eigenvalue weighted by Gasteiger charge is -2.35. The monoisotopic (exact) mass is 515 g/mol. The van der Waals surface area contributed by atoms with Crippen LogP contribution in [-0.2, 0) is 26.5 Å². The summed E-state index contributed by atoms with van der Waals surface area (Å²) in [4.78, 5) is 37.6. The lowest BCUT2D eigenvalue weighted by Crippen LogP contribution is -2.50. The number of rotatable bonds is 5. The molecule has 0 fully saturated rings. The minimum atomic E-state index is -5.77. The SMILES string of the molecule is COC12C(=O)Nc3nc(-c4nn(CCC(F)(F)C(F)(F)F)c5ncc(F)cc45)nc(c31)NC(=O)C2C. The second-order valence-electron chi connectivity index (χ2n) is 8.27. The maximum Gasteiger partial charge on any atom is 0.453 e. The molecule has 0 aliphatic carbocycles. The number of fused-ring (bicyclic) bond motifs is 1. The molecule has 2 aliphatic heterocycles. The van der Waals surface area contributed by atoms with Crippen LogP contribution in [0.25, 0.3) is 22.6 Å². The van der Waals surface area contributed by atoms with Crippen molar-refractivity contribution >= 4 is 34.5 Å². The Kier molecular flexibility index (Phi) is 5.04. The summed E-state index contributed by atoms with van der Waals surface area (Å²) in [5, 5.41) is 8.96. The van der Waals surface area contributed by atoms with E-state index in [2.05, 4.69) is 30.7 Å². The molecule has 36 heavy (non-hydrogen) atoms. The van der Waals surface area contributed by atoms with Gasteiger partial charge in [-0.15, -0.1) is 0 Å². The van der Waals surface area contributed by atoms with Gasteiger partial charge in [0.25, 0.3) is 5.91 Å². The van der Waals surface area contributed by atoms with Crippen LogP contribution in [-0.4, -0.2) is 55.8 Å². The highest BCUT2D eigenvalue weighted by atomic mass is 19.4. The Hall–Kier alpha value is -3.82. The van der Waals surface area contributed by atoms with Crippen LogP contribution in [0.5, 0.6) is 0 Å². The first-order chi connectivity index (χ1) is 16.8. The molecule has 0 radical (unpaired) electrons. The van der Waals surface area contributed by atoms with Crippen molar-refractivity contribution in [2.75, 3.05) is 17.7 Å². The van der Waals surface area contributed by atoms with Gasteiger partial charge in [-0.2, -0.15) is 27.1 Å². The van der Waals surface area contributed by atoms with Crippen molar-refractivity contribution in [3.05, 3.63) is 23.6 Å². The van der Waals surface area contributed by atoms with E-state index in [1.54, 1.807) is 0 Å². The van der Waals surface area contributed by atoms with Gasteiger partial charge in [0.2, 0.25) is 5.91 Å². The third kappa shape index (κ3) is 3.23. The maximum atomic E-state index is 14.0. The van der Waals surface area contributed by atoms with Gasteiger partial charge in [-0.25, -0.2) is 24.0 Å². The number of methoxy groups -OCH3 is 1. The van der Waals surface area contributed by atoms with E-state index in [4.69, 9.17) is 4.74 Å². The number of halogens is 6. The van der Waals surface area contributed by atoms with Crippen molar-refractivity contribution in [3.63, 3.8) is 0 Å². The highest BCUT2D eigenvalue weighted by Gasteiger charge is 2.59. The molecule has 5 rings (SSSR count). The largest absolute Gasteiger partial charge is 0.453 e. The Labute approximate surface area is 197 Å². The average Bonchev–Trinajstić information content (AvgIpc) is 3.30. The molecule has 3 aromatic heterocycles. The summed E-state index contributed by atoms with van der Waals surface area (Å²) in [6.45, 7) is 0.557. The van der Waals surface area contributed by atoms with Crippen LogP contribution in [0, 0.1) is 11.7 Å². The quantitative estimate of drug-likeness (QED) is 0.501. The molecule has 10 nitrogen and oxygen atoms in total. The first-order valence-electron chi connectivity index (χ1n) is 10.4. The third-order valence-electron chi connectivity index (χ3n) is 6.23.